The van der Waals surface area contributed by atoms with Gasteiger partial charge in [0.1, 0.15) is 19.0 Å². The van der Waals surface area contributed by atoms with Crippen molar-refractivity contribution >= 4 is 0 Å². The summed E-state index contributed by atoms with van der Waals surface area (Å²) < 4.78 is 10.9. The van der Waals surface area contributed by atoms with E-state index in [0.29, 0.717) is 12.5 Å². The molecule has 0 spiro atoms. The van der Waals surface area contributed by atoms with Crippen LogP contribution in [0.2, 0.25) is 0 Å². The number of benzene rings is 1. The van der Waals surface area contributed by atoms with Crippen LogP contribution in [-0.4, -0.2) is 23.8 Å². The van der Waals surface area contributed by atoms with Gasteiger partial charge in [-0.15, -0.1) is 0 Å². The summed E-state index contributed by atoms with van der Waals surface area (Å²) >= 11 is 0. The SMILES string of the molecule is COc1ncccc1COc1ccc(C#CCO)c(C)c1. The van der Waals surface area contributed by atoms with Gasteiger partial charge in [-0.25, -0.2) is 4.98 Å². The van der Waals surface area contributed by atoms with Crippen LogP contribution in [0.5, 0.6) is 11.6 Å². The minimum absolute atomic E-state index is 0.140. The van der Waals surface area contributed by atoms with Crippen LogP contribution >= 0.6 is 0 Å². The zero-order chi connectivity index (χ0) is 15.1. The van der Waals surface area contributed by atoms with Crippen LogP contribution in [0.4, 0.5) is 0 Å². The summed E-state index contributed by atoms with van der Waals surface area (Å²) in [7, 11) is 1.59. The Bertz CT molecular complexity index is 671. The lowest BCUT2D eigenvalue weighted by Gasteiger charge is -2.10. The van der Waals surface area contributed by atoms with Crippen LogP contribution in [0.25, 0.3) is 0 Å². The Morgan fingerprint density at radius 1 is 1.29 bits per heavy atom. The highest BCUT2D eigenvalue weighted by Gasteiger charge is 2.05. The first-order valence-corrected chi connectivity index (χ1v) is 6.55. The Morgan fingerprint density at radius 3 is 2.86 bits per heavy atom. The van der Waals surface area contributed by atoms with Crippen molar-refractivity contribution in [3.63, 3.8) is 0 Å². The highest BCUT2D eigenvalue weighted by molar-refractivity contribution is 5.44. The van der Waals surface area contributed by atoms with Crippen molar-refractivity contribution < 1.29 is 14.6 Å². The second-order valence-electron chi connectivity index (χ2n) is 4.40. The maximum atomic E-state index is 8.72. The summed E-state index contributed by atoms with van der Waals surface area (Å²) in [5.41, 5.74) is 2.78. The molecular weight excluding hydrogens is 266 g/mol. The molecular formula is C17H17NO3. The third-order valence-corrected chi connectivity index (χ3v) is 2.94. The number of rotatable bonds is 4. The highest BCUT2D eigenvalue weighted by Crippen LogP contribution is 2.20. The molecule has 1 aromatic carbocycles. The molecule has 0 aliphatic rings. The minimum Gasteiger partial charge on any atom is -0.489 e. The fraction of sp³-hybridized carbons (Fsp3) is 0.235. The minimum atomic E-state index is -0.140. The van der Waals surface area contributed by atoms with E-state index in [0.717, 1.165) is 22.4 Å². The molecule has 108 valence electrons. The number of aliphatic hydroxyl groups excluding tert-OH is 1. The van der Waals surface area contributed by atoms with Crippen LogP contribution in [0.1, 0.15) is 16.7 Å². The first-order valence-electron chi connectivity index (χ1n) is 6.55. The quantitative estimate of drug-likeness (QED) is 0.875. The number of hydrogen-bond acceptors (Lipinski definition) is 4. The van der Waals surface area contributed by atoms with E-state index in [2.05, 4.69) is 16.8 Å². The molecule has 0 aliphatic carbocycles. The van der Waals surface area contributed by atoms with Crippen molar-refractivity contribution in [2.75, 3.05) is 13.7 Å². The van der Waals surface area contributed by atoms with Crippen molar-refractivity contribution in [2.24, 2.45) is 0 Å². The Balaban J connectivity index is 2.08. The molecule has 0 bridgehead atoms. The predicted octanol–water partition coefficient (Wildman–Crippen LogP) is 2.32. The molecule has 0 unspecified atom stereocenters. The first kappa shape index (κ1) is 14.9. The molecule has 1 N–H and O–H groups in total. The van der Waals surface area contributed by atoms with E-state index in [-0.39, 0.29) is 6.61 Å². The van der Waals surface area contributed by atoms with Gasteiger partial charge in [0.15, 0.2) is 0 Å². The van der Waals surface area contributed by atoms with Crippen molar-refractivity contribution in [3.05, 3.63) is 53.2 Å². The van der Waals surface area contributed by atoms with E-state index in [1.165, 1.54) is 0 Å². The molecule has 2 rings (SSSR count). The van der Waals surface area contributed by atoms with Crippen molar-refractivity contribution in [1.29, 1.82) is 0 Å². The number of methoxy groups -OCH3 is 1. The van der Waals surface area contributed by atoms with Gasteiger partial charge in [0, 0.05) is 11.8 Å². The third-order valence-electron chi connectivity index (χ3n) is 2.94. The van der Waals surface area contributed by atoms with E-state index >= 15 is 0 Å². The molecule has 4 nitrogen and oxygen atoms in total. The Morgan fingerprint density at radius 2 is 2.14 bits per heavy atom. The van der Waals surface area contributed by atoms with Crippen LogP contribution in [-0.2, 0) is 6.61 Å². The highest BCUT2D eigenvalue weighted by atomic mass is 16.5. The second kappa shape index (κ2) is 7.32. The molecule has 1 aromatic heterocycles. The standard InChI is InChI=1S/C17H17NO3/c1-13-11-16(8-7-14(13)6-4-10-19)21-12-15-5-3-9-18-17(15)20-2/h3,5,7-9,11,19H,10,12H2,1-2H3. The normalized spacial score (nSPS) is 9.67. The molecule has 0 atom stereocenters. The van der Waals surface area contributed by atoms with Gasteiger partial charge in [-0.1, -0.05) is 11.8 Å². The summed E-state index contributed by atoms with van der Waals surface area (Å²) in [5.74, 6) is 6.86. The average Bonchev–Trinajstić information content (AvgIpc) is 2.52. The van der Waals surface area contributed by atoms with E-state index in [1.54, 1.807) is 13.3 Å². The number of hydrogen-bond donors (Lipinski definition) is 1. The monoisotopic (exact) mass is 283 g/mol. The third kappa shape index (κ3) is 3.98. The maximum Gasteiger partial charge on any atom is 0.219 e. The molecule has 0 saturated carbocycles. The molecule has 0 saturated heterocycles. The zero-order valence-electron chi connectivity index (χ0n) is 12.1. The smallest absolute Gasteiger partial charge is 0.219 e. The zero-order valence-corrected chi connectivity index (χ0v) is 12.1. The lowest BCUT2D eigenvalue weighted by atomic mass is 10.1. The van der Waals surface area contributed by atoms with Crippen LogP contribution in [0, 0.1) is 18.8 Å². The fourth-order valence-corrected chi connectivity index (χ4v) is 1.88. The van der Waals surface area contributed by atoms with E-state index in [9.17, 15) is 0 Å². The van der Waals surface area contributed by atoms with Gasteiger partial charge >= 0.3 is 0 Å². The van der Waals surface area contributed by atoms with E-state index in [1.807, 2.05) is 37.3 Å². The first-order chi connectivity index (χ1) is 10.2. The summed E-state index contributed by atoms with van der Waals surface area (Å²) in [6.45, 7) is 2.20. The Kier molecular flexibility index (Phi) is 5.19. The molecule has 2 aromatic rings. The summed E-state index contributed by atoms with van der Waals surface area (Å²) in [4.78, 5) is 4.13. The van der Waals surface area contributed by atoms with Gasteiger partial charge in [0.2, 0.25) is 5.88 Å². The molecule has 0 amide bonds. The Labute approximate surface area is 124 Å². The summed E-state index contributed by atoms with van der Waals surface area (Å²) in [6.07, 6.45) is 1.68. The van der Waals surface area contributed by atoms with E-state index < -0.39 is 0 Å². The van der Waals surface area contributed by atoms with Gasteiger partial charge in [0.25, 0.3) is 0 Å². The second-order valence-corrected chi connectivity index (χ2v) is 4.40. The molecule has 4 heteroatoms. The van der Waals surface area contributed by atoms with Gasteiger partial charge in [0.05, 0.1) is 12.7 Å². The average molecular weight is 283 g/mol. The van der Waals surface area contributed by atoms with Crippen molar-refractivity contribution in [3.8, 4) is 23.5 Å². The predicted molar refractivity (Wildman–Crippen MR) is 80.3 cm³/mol. The number of nitrogens with zero attached hydrogens (tertiary/aromatic N) is 1. The Hall–Kier alpha value is -2.51. The van der Waals surface area contributed by atoms with E-state index in [4.69, 9.17) is 14.6 Å². The van der Waals surface area contributed by atoms with Gasteiger partial charge in [-0.2, -0.15) is 0 Å². The molecule has 0 fully saturated rings. The summed E-state index contributed by atoms with van der Waals surface area (Å²) in [6, 6.07) is 9.43. The number of aromatic nitrogens is 1. The molecule has 0 aliphatic heterocycles. The maximum absolute atomic E-state index is 8.72. The van der Waals surface area contributed by atoms with Crippen LogP contribution in [0.3, 0.4) is 0 Å². The number of pyridine rings is 1. The van der Waals surface area contributed by atoms with Crippen molar-refractivity contribution in [2.45, 2.75) is 13.5 Å². The number of ether oxygens (including phenoxy) is 2. The van der Waals surface area contributed by atoms with Crippen LogP contribution in [0.15, 0.2) is 36.5 Å². The molecule has 0 radical (unpaired) electrons. The topological polar surface area (TPSA) is 51.6 Å². The van der Waals surface area contributed by atoms with Gasteiger partial charge < -0.3 is 14.6 Å². The van der Waals surface area contributed by atoms with Gasteiger partial charge in [-0.05, 0) is 42.8 Å². The van der Waals surface area contributed by atoms with Crippen molar-refractivity contribution in [1.82, 2.24) is 4.98 Å². The molecule has 21 heavy (non-hydrogen) atoms. The number of aliphatic hydroxyl groups is 1. The fourth-order valence-electron chi connectivity index (χ4n) is 1.88. The lowest BCUT2D eigenvalue weighted by molar-refractivity contribution is 0.293. The molecule has 1 heterocycles. The van der Waals surface area contributed by atoms with Gasteiger partial charge in [-0.3, -0.25) is 0 Å². The lowest BCUT2D eigenvalue weighted by Crippen LogP contribution is -2.00. The number of aryl methyl sites for hydroxylation is 1. The van der Waals surface area contributed by atoms with Crippen LogP contribution < -0.4 is 9.47 Å². The largest absolute Gasteiger partial charge is 0.489 e. The summed E-state index contributed by atoms with van der Waals surface area (Å²) in [5, 5.41) is 8.72.